The van der Waals surface area contributed by atoms with Crippen LogP contribution >= 0.6 is 15.9 Å². The van der Waals surface area contributed by atoms with Crippen LogP contribution in [0.2, 0.25) is 0 Å². The second-order valence-corrected chi connectivity index (χ2v) is 7.53. The fourth-order valence-corrected chi connectivity index (χ4v) is 3.70. The monoisotopic (exact) mass is 426 g/mol. The van der Waals surface area contributed by atoms with E-state index in [0.717, 1.165) is 34.1 Å². The van der Waals surface area contributed by atoms with E-state index in [2.05, 4.69) is 31.4 Å². The first kappa shape index (κ1) is 17.7. The Bertz CT molecular complexity index is 972. The Labute approximate surface area is 165 Å². The molecule has 7 heteroatoms. The summed E-state index contributed by atoms with van der Waals surface area (Å²) in [5.74, 6) is 1.03. The van der Waals surface area contributed by atoms with Gasteiger partial charge in [-0.2, -0.15) is 4.98 Å². The number of nitrogens with one attached hydrogen (secondary N) is 1. The third kappa shape index (κ3) is 3.88. The van der Waals surface area contributed by atoms with Crippen LogP contribution < -0.4 is 5.32 Å². The molecular formula is C20H19BrN4O2. The van der Waals surface area contributed by atoms with Crippen LogP contribution in [0.4, 0.5) is 10.5 Å². The minimum absolute atomic E-state index is 0.161. The van der Waals surface area contributed by atoms with Crippen molar-refractivity contribution < 1.29 is 9.32 Å². The first-order valence-corrected chi connectivity index (χ1v) is 9.63. The fourth-order valence-electron chi connectivity index (χ4n) is 3.30. The molecule has 1 saturated heterocycles. The first-order valence-electron chi connectivity index (χ1n) is 8.84. The lowest BCUT2D eigenvalue weighted by Crippen LogP contribution is -2.34. The number of hydrogen-bond donors (Lipinski definition) is 1. The maximum atomic E-state index is 12.7. The number of amides is 2. The molecule has 27 heavy (non-hydrogen) atoms. The molecule has 2 amide bonds. The molecule has 1 aromatic heterocycles. The first-order chi connectivity index (χ1) is 13.1. The van der Waals surface area contributed by atoms with Gasteiger partial charge < -0.3 is 14.7 Å². The van der Waals surface area contributed by atoms with Crippen LogP contribution in [0.5, 0.6) is 0 Å². The van der Waals surface area contributed by atoms with E-state index in [4.69, 9.17) is 4.52 Å². The van der Waals surface area contributed by atoms with Crippen molar-refractivity contribution in [3.63, 3.8) is 0 Å². The molecule has 0 bridgehead atoms. The van der Waals surface area contributed by atoms with Crippen molar-refractivity contribution in [1.29, 1.82) is 0 Å². The number of likely N-dealkylation sites (tertiary alicyclic amines) is 1. The van der Waals surface area contributed by atoms with Crippen molar-refractivity contribution in [2.75, 3.05) is 11.9 Å². The van der Waals surface area contributed by atoms with Crippen molar-refractivity contribution >= 4 is 27.6 Å². The molecule has 1 aliphatic heterocycles. The maximum Gasteiger partial charge on any atom is 0.322 e. The van der Waals surface area contributed by atoms with Gasteiger partial charge in [0.15, 0.2) is 0 Å². The van der Waals surface area contributed by atoms with Gasteiger partial charge in [-0.1, -0.05) is 50.9 Å². The van der Waals surface area contributed by atoms with Crippen LogP contribution in [0.15, 0.2) is 57.5 Å². The van der Waals surface area contributed by atoms with Gasteiger partial charge in [-0.15, -0.1) is 0 Å². The third-order valence-electron chi connectivity index (χ3n) is 4.59. The summed E-state index contributed by atoms with van der Waals surface area (Å²) in [7, 11) is 0. The highest BCUT2D eigenvalue weighted by atomic mass is 79.9. The summed E-state index contributed by atoms with van der Waals surface area (Å²) in [5.41, 5.74) is 2.79. The molecule has 2 heterocycles. The highest BCUT2D eigenvalue weighted by Crippen LogP contribution is 2.32. The zero-order valence-corrected chi connectivity index (χ0v) is 16.4. The van der Waals surface area contributed by atoms with Gasteiger partial charge in [0.05, 0.1) is 0 Å². The topological polar surface area (TPSA) is 71.3 Å². The number of halogens is 1. The van der Waals surface area contributed by atoms with E-state index in [-0.39, 0.29) is 12.1 Å². The van der Waals surface area contributed by atoms with E-state index in [1.165, 1.54) is 0 Å². The lowest BCUT2D eigenvalue weighted by atomic mass is 10.1. The average Bonchev–Trinajstić information content (AvgIpc) is 3.31. The normalized spacial score (nSPS) is 16.5. The van der Waals surface area contributed by atoms with Crippen LogP contribution in [0.1, 0.15) is 30.3 Å². The molecule has 3 aromatic rings. The van der Waals surface area contributed by atoms with E-state index in [1.807, 2.05) is 55.5 Å². The number of benzene rings is 2. The summed E-state index contributed by atoms with van der Waals surface area (Å²) in [5, 5.41) is 7.05. The summed E-state index contributed by atoms with van der Waals surface area (Å²) in [6.07, 6.45) is 1.71. The van der Waals surface area contributed by atoms with Crippen LogP contribution in [0.25, 0.3) is 11.4 Å². The number of rotatable bonds is 3. The van der Waals surface area contributed by atoms with Gasteiger partial charge in [-0.3, -0.25) is 0 Å². The smallest absolute Gasteiger partial charge is 0.322 e. The SMILES string of the molecule is Cc1cccc(-c2noc(C3CCCN3C(=O)Nc3cccc(Br)c3)n2)c1. The molecule has 4 rings (SSSR count). The van der Waals surface area contributed by atoms with Crippen molar-refractivity contribution in [2.45, 2.75) is 25.8 Å². The summed E-state index contributed by atoms with van der Waals surface area (Å²) in [4.78, 5) is 19.0. The molecular weight excluding hydrogens is 408 g/mol. The molecule has 1 fully saturated rings. The number of carbonyl (C=O) groups is 1. The number of nitrogens with zero attached hydrogens (tertiary/aromatic N) is 3. The molecule has 6 nitrogen and oxygen atoms in total. The molecule has 1 aliphatic rings. The Morgan fingerprint density at radius 3 is 2.93 bits per heavy atom. The van der Waals surface area contributed by atoms with Gasteiger partial charge in [-0.05, 0) is 44.0 Å². The van der Waals surface area contributed by atoms with Crippen LogP contribution in [0.3, 0.4) is 0 Å². The van der Waals surface area contributed by atoms with E-state index >= 15 is 0 Å². The quantitative estimate of drug-likeness (QED) is 0.626. The predicted octanol–water partition coefficient (Wildman–Crippen LogP) is 5.18. The van der Waals surface area contributed by atoms with Crippen LogP contribution in [-0.4, -0.2) is 27.6 Å². The molecule has 138 valence electrons. The Hall–Kier alpha value is -2.67. The highest BCUT2D eigenvalue weighted by Gasteiger charge is 2.34. The lowest BCUT2D eigenvalue weighted by Gasteiger charge is -2.22. The largest absolute Gasteiger partial charge is 0.337 e. The van der Waals surface area contributed by atoms with Crippen molar-refractivity contribution in [3.05, 3.63) is 64.5 Å². The summed E-state index contributed by atoms with van der Waals surface area (Å²) in [6.45, 7) is 2.68. The molecule has 0 spiro atoms. The summed E-state index contributed by atoms with van der Waals surface area (Å²) in [6, 6.07) is 15.1. The Morgan fingerprint density at radius 2 is 2.11 bits per heavy atom. The zero-order chi connectivity index (χ0) is 18.8. The second-order valence-electron chi connectivity index (χ2n) is 6.62. The molecule has 0 radical (unpaired) electrons. The number of anilines is 1. The number of urea groups is 1. The van der Waals surface area contributed by atoms with Gasteiger partial charge in [0.1, 0.15) is 6.04 Å². The Balaban J connectivity index is 1.52. The van der Waals surface area contributed by atoms with Crippen LogP contribution in [0, 0.1) is 6.92 Å². The van der Waals surface area contributed by atoms with Crippen LogP contribution in [-0.2, 0) is 0 Å². The predicted molar refractivity (Wildman–Crippen MR) is 106 cm³/mol. The number of aryl methyl sites for hydroxylation is 1. The minimum Gasteiger partial charge on any atom is -0.337 e. The Kier molecular flexibility index (Phi) is 4.94. The van der Waals surface area contributed by atoms with Gasteiger partial charge >= 0.3 is 6.03 Å². The number of carbonyl (C=O) groups excluding carboxylic acids is 1. The Morgan fingerprint density at radius 1 is 1.26 bits per heavy atom. The van der Waals surface area contributed by atoms with Crippen molar-refractivity contribution in [2.24, 2.45) is 0 Å². The van der Waals surface area contributed by atoms with Crippen molar-refractivity contribution in [3.8, 4) is 11.4 Å². The molecule has 0 saturated carbocycles. The molecule has 2 aromatic carbocycles. The van der Waals surface area contributed by atoms with Gasteiger partial charge in [-0.25, -0.2) is 4.79 Å². The standard InChI is InChI=1S/C20H19BrN4O2/c1-13-5-2-6-14(11-13)18-23-19(27-24-18)17-9-4-10-25(17)20(26)22-16-8-3-7-15(21)12-16/h2-3,5-8,11-12,17H,4,9-10H2,1H3,(H,22,26). The number of aromatic nitrogens is 2. The molecule has 1 atom stereocenters. The minimum atomic E-state index is -0.205. The number of hydrogen-bond acceptors (Lipinski definition) is 4. The van der Waals surface area contributed by atoms with Gasteiger partial charge in [0, 0.05) is 22.3 Å². The average molecular weight is 427 g/mol. The summed E-state index contributed by atoms with van der Waals surface area (Å²) >= 11 is 3.42. The van der Waals surface area contributed by atoms with E-state index in [0.29, 0.717) is 18.3 Å². The lowest BCUT2D eigenvalue weighted by molar-refractivity contribution is 0.193. The fraction of sp³-hybridized carbons (Fsp3) is 0.250. The highest BCUT2D eigenvalue weighted by molar-refractivity contribution is 9.10. The van der Waals surface area contributed by atoms with Gasteiger partial charge in [0.25, 0.3) is 0 Å². The van der Waals surface area contributed by atoms with E-state index < -0.39 is 0 Å². The van der Waals surface area contributed by atoms with Crippen molar-refractivity contribution in [1.82, 2.24) is 15.0 Å². The second kappa shape index (κ2) is 7.52. The molecule has 0 aliphatic carbocycles. The molecule has 1 N–H and O–H groups in total. The third-order valence-corrected chi connectivity index (χ3v) is 5.09. The maximum absolute atomic E-state index is 12.7. The van der Waals surface area contributed by atoms with Gasteiger partial charge in [0.2, 0.25) is 11.7 Å². The van der Waals surface area contributed by atoms with E-state index in [1.54, 1.807) is 4.90 Å². The zero-order valence-electron chi connectivity index (χ0n) is 14.9. The van der Waals surface area contributed by atoms with E-state index in [9.17, 15) is 4.79 Å². The molecule has 1 unspecified atom stereocenters. The summed E-state index contributed by atoms with van der Waals surface area (Å²) < 4.78 is 6.42.